The molecule has 0 amide bonds. The van der Waals surface area contributed by atoms with Crippen molar-refractivity contribution in [3.8, 4) is 23.0 Å². The number of carboxylic acid groups (broad SMARTS) is 1. The number of hydrogen-bond donors (Lipinski definition) is 1. The molecule has 0 saturated heterocycles. The zero-order chi connectivity index (χ0) is 23.1. The molecule has 0 aliphatic rings. The van der Waals surface area contributed by atoms with Gasteiger partial charge in [-0.1, -0.05) is 12.1 Å². The van der Waals surface area contributed by atoms with E-state index in [0.29, 0.717) is 34.2 Å². The predicted molar refractivity (Wildman–Crippen MR) is 118 cm³/mol. The predicted octanol–water partition coefficient (Wildman–Crippen LogP) is 4.38. The molecule has 3 aromatic rings. The molecule has 0 bridgehead atoms. The number of esters is 1. The minimum absolute atomic E-state index is 0.185. The van der Waals surface area contributed by atoms with Gasteiger partial charge >= 0.3 is 11.9 Å². The van der Waals surface area contributed by atoms with Gasteiger partial charge in [0.05, 0.1) is 38.1 Å². The van der Waals surface area contributed by atoms with E-state index in [-0.39, 0.29) is 11.1 Å². The van der Waals surface area contributed by atoms with E-state index in [9.17, 15) is 9.59 Å². The standard InChI is InChI=1S/C24H21NO7/c1-29-20-12-17(13-21(30-2)22(20)31-3)24(28)32-19-6-4-5-15(11-19)14-25-18-9-7-16(8-10-18)23(26)27/h4-14H,1-3H3,(H,26,27). The van der Waals surface area contributed by atoms with E-state index < -0.39 is 11.9 Å². The molecule has 0 aromatic heterocycles. The molecule has 164 valence electrons. The number of benzene rings is 3. The largest absolute Gasteiger partial charge is 0.493 e. The number of ether oxygens (including phenoxy) is 4. The van der Waals surface area contributed by atoms with Crippen molar-refractivity contribution in [3.63, 3.8) is 0 Å². The van der Waals surface area contributed by atoms with Crippen molar-refractivity contribution in [2.45, 2.75) is 0 Å². The number of carboxylic acids is 1. The van der Waals surface area contributed by atoms with Crippen molar-refractivity contribution in [2.24, 2.45) is 4.99 Å². The number of aromatic carboxylic acids is 1. The van der Waals surface area contributed by atoms with E-state index in [2.05, 4.69) is 4.99 Å². The van der Waals surface area contributed by atoms with Gasteiger partial charge in [-0.2, -0.15) is 0 Å². The number of nitrogens with zero attached hydrogens (tertiary/aromatic N) is 1. The molecule has 0 radical (unpaired) electrons. The molecule has 0 heterocycles. The third kappa shape index (κ3) is 5.23. The van der Waals surface area contributed by atoms with E-state index in [1.165, 1.54) is 45.6 Å². The minimum Gasteiger partial charge on any atom is -0.493 e. The molecule has 3 aromatic carbocycles. The van der Waals surface area contributed by atoms with Gasteiger partial charge in [0.1, 0.15) is 5.75 Å². The Labute approximate surface area is 184 Å². The number of aliphatic imine (C=N–C) groups is 1. The first-order valence-electron chi connectivity index (χ1n) is 9.45. The summed E-state index contributed by atoms with van der Waals surface area (Å²) in [6.45, 7) is 0. The zero-order valence-electron chi connectivity index (χ0n) is 17.7. The van der Waals surface area contributed by atoms with Crippen molar-refractivity contribution < 1.29 is 33.6 Å². The Morgan fingerprint density at radius 3 is 2.06 bits per heavy atom. The van der Waals surface area contributed by atoms with E-state index in [0.717, 1.165) is 0 Å². The number of rotatable bonds is 8. The second-order valence-corrected chi connectivity index (χ2v) is 6.49. The van der Waals surface area contributed by atoms with Crippen molar-refractivity contribution in [3.05, 3.63) is 77.4 Å². The molecule has 0 fully saturated rings. The van der Waals surface area contributed by atoms with Gasteiger partial charge in [0.25, 0.3) is 0 Å². The molecule has 0 atom stereocenters. The monoisotopic (exact) mass is 435 g/mol. The summed E-state index contributed by atoms with van der Waals surface area (Å²) >= 11 is 0. The van der Waals surface area contributed by atoms with Crippen molar-refractivity contribution >= 4 is 23.8 Å². The molecule has 0 saturated carbocycles. The summed E-state index contributed by atoms with van der Waals surface area (Å²) in [6, 6.07) is 16.0. The third-order valence-corrected chi connectivity index (χ3v) is 4.45. The quantitative estimate of drug-likeness (QED) is 0.318. The highest BCUT2D eigenvalue weighted by Crippen LogP contribution is 2.38. The summed E-state index contributed by atoms with van der Waals surface area (Å²) in [5.41, 5.74) is 1.71. The molecule has 0 spiro atoms. The highest BCUT2D eigenvalue weighted by molar-refractivity contribution is 5.93. The van der Waals surface area contributed by atoms with Crippen LogP contribution in [-0.4, -0.2) is 44.6 Å². The Balaban J connectivity index is 1.77. The van der Waals surface area contributed by atoms with Crippen LogP contribution in [0.15, 0.2) is 65.7 Å². The van der Waals surface area contributed by atoms with Gasteiger partial charge in [-0.05, 0) is 54.1 Å². The number of carbonyl (C=O) groups is 2. The first-order valence-corrected chi connectivity index (χ1v) is 9.45. The van der Waals surface area contributed by atoms with Crippen LogP contribution < -0.4 is 18.9 Å². The molecular formula is C24H21NO7. The molecule has 8 heteroatoms. The minimum atomic E-state index is -0.998. The summed E-state index contributed by atoms with van der Waals surface area (Å²) in [4.78, 5) is 27.9. The fourth-order valence-electron chi connectivity index (χ4n) is 2.86. The number of carbonyl (C=O) groups excluding carboxylic acids is 1. The molecular weight excluding hydrogens is 414 g/mol. The Kier molecular flexibility index (Phi) is 7.07. The van der Waals surface area contributed by atoms with Crippen LogP contribution in [0.5, 0.6) is 23.0 Å². The average Bonchev–Trinajstić information content (AvgIpc) is 2.82. The van der Waals surface area contributed by atoms with Crippen LogP contribution >= 0.6 is 0 Å². The fraction of sp³-hybridized carbons (Fsp3) is 0.125. The summed E-state index contributed by atoms with van der Waals surface area (Å²) in [5, 5.41) is 8.95. The normalized spacial score (nSPS) is 10.6. The van der Waals surface area contributed by atoms with Crippen LogP contribution in [0, 0.1) is 0 Å². The molecule has 3 rings (SSSR count). The smallest absolute Gasteiger partial charge is 0.343 e. The van der Waals surface area contributed by atoms with Crippen molar-refractivity contribution in [1.82, 2.24) is 0 Å². The van der Waals surface area contributed by atoms with Crippen LogP contribution in [0.2, 0.25) is 0 Å². The summed E-state index contributed by atoms with van der Waals surface area (Å²) < 4.78 is 21.3. The van der Waals surface area contributed by atoms with Gasteiger partial charge in [-0.15, -0.1) is 0 Å². The lowest BCUT2D eigenvalue weighted by atomic mass is 10.1. The first kappa shape index (κ1) is 22.4. The average molecular weight is 435 g/mol. The van der Waals surface area contributed by atoms with E-state index >= 15 is 0 Å². The third-order valence-electron chi connectivity index (χ3n) is 4.45. The van der Waals surface area contributed by atoms with Crippen LogP contribution in [-0.2, 0) is 0 Å². The van der Waals surface area contributed by atoms with Gasteiger partial charge in [0, 0.05) is 6.21 Å². The molecule has 1 N–H and O–H groups in total. The van der Waals surface area contributed by atoms with Crippen LogP contribution in [0.1, 0.15) is 26.3 Å². The van der Waals surface area contributed by atoms with Crippen LogP contribution in [0.25, 0.3) is 0 Å². The Bertz CT molecular complexity index is 1130. The van der Waals surface area contributed by atoms with Gasteiger partial charge in [0.2, 0.25) is 5.75 Å². The Hall–Kier alpha value is -4.33. The maximum absolute atomic E-state index is 12.7. The second kappa shape index (κ2) is 10.1. The molecule has 8 nitrogen and oxygen atoms in total. The fourth-order valence-corrected chi connectivity index (χ4v) is 2.86. The lowest BCUT2D eigenvalue weighted by Crippen LogP contribution is -2.10. The van der Waals surface area contributed by atoms with E-state index in [1.807, 2.05) is 0 Å². The highest BCUT2D eigenvalue weighted by atomic mass is 16.5. The lowest BCUT2D eigenvalue weighted by molar-refractivity contribution is 0.0694. The van der Waals surface area contributed by atoms with Crippen molar-refractivity contribution in [1.29, 1.82) is 0 Å². The lowest BCUT2D eigenvalue weighted by Gasteiger charge is -2.13. The molecule has 0 aliphatic carbocycles. The Morgan fingerprint density at radius 2 is 1.50 bits per heavy atom. The van der Waals surface area contributed by atoms with Crippen LogP contribution in [0.3, 0.4) is 0 Å². The number of hydrogen-bond acceptors (Lipinski definition) is 7. The molecule has 0 aliphatic heterocycles. The van der Waals surface area contributed by atoms with Gasteiger partial charge < -0.3 is 24.1 Å². The summed E-state index contributed by atoms with van der Waals surface area (Å²) in [6.07, 6.45) is 1.59. The number of methoxy groups -OCH3 is 3. The first-order chi connectivity index (χ1) is 15.4. The van der Waals surface area contributed by atoms with Crippen LogP contribution in [0.4, 0.5) is 5.69 Å². The zero-order valence-corrected chi connectivity index (χ0v) is 17.7. The maximum Gasteiger partial charge on any atom is 0.343 e. The summed E-state index contributed by atoms with van der Waals surface area (Å²) in [7, 11) is 4.40. The molecule has 0 unspecified atom stereocenters. The Morgan fingerprint density at radius 1 is 0.844 bits per heavy atom. The van der Waals surface area contributed by atoms with Gasteiger partial charge in [0.15, 0.2) is 11.5 Å². The van der Waals surface area contributed by atoms with Gasteiger partial charge in [-0.3, -0.25) is 4.99 Å². The highest BCUT2D eigenvalue weighted by Gasteiger charge is 2.18. The van der Waals surface area contributed by atoms with E-state index in [4.69, 9.17) is 24.1 Å². The van der Waals surface area contributed by atoms with Crippen molar-refractivity contribution in [2.75, 3.05) is 21.3 Å². The topological polar surface area (TPSA) is 104 Å². The second-order valence-electron chi connectivity index (χ2n) is 6.49. The van der Waals surface area contributed by atoms with E-state index in [1.54, 1.807) is 42.6 Å². The molecule has 32 heavy (non-hydrogen) atoms. The van der Waals surface area contributed by atoms with Gasteiger partial charge in [-0.25, -0.2) is 9.59 Å². The summed E-state index contributed by atoms with van der Waals surface area (Å²) in [5.74, 6) is -0.206. The SMILES string of the molecule is COc1cc(C(=O)Oc2cccc(C=Nc3ccc(C(=O)O)cc3)c2)cc(OC)c1OC. The maximum atomic E-state index is 12.7.